The van der Waals surface area contributed by atoms with E-state index in [4.69, 9.17) is 9.47 Å². The number of rotatable bonds is 6. The van der Waals surface area contributed by atoms with E-state index < -0.39 is 28.1 Å². The first kappa shape index (κ1) is 19.2. The van der Waals surface area contributed by atoms with Gasteiger partial charge in [0.15, 0.2) is 11.5 Å². The molecule has 0 fully saturated rings. The molecule has 1 aliphatic rings. The number of fused-ring (bicyclic) bond motifs is 1. The minimum absolute atomic E-state index is 0.0279. The Hall–Kier alpha value is -2.62. The van der Waals surface area contributed by atoms with Crippen LogP contribution < -0.4 is 14.2 Å². The van der Waals surface area contributed by atoms with Crippen LogP contribution in [0.3, 0.4) is 0 Å². The summed E-state index contributed by atoms with van der Waals surface area (Å²) in [5, 5.41) is 10.6. The van der Waals surface area contributed by atoms with Crippen molar-refractivity contribution in [1.82, 2.24) is 4.72 Å². The fourth-order valence-electron chi connectivity index (χ4n) is 2.61. The van der Waals surface area contributed by atoms with Crippen LogP contribution in [0.4, 0.5) is 0 Å². The highest BCUT2D eigenvalue weighted by atomic mass is 32.2. The normalized spacial score (nSPS) is 15.2. The van der Waals surface area contributed by atoms with Gasteiger partial charge in [0, 0.05) is 0 Å². The smallest absolute Gasteiger partial charge is 0.326 e. The molecular formula is C18H19NO7S. The Bertz CT molecular complexity index is 941. The van der Waals surface area contributed by atoms with Crippen molar-refractivity contribution < 1.29 is 32.5 Å². The zero-order chi connectivity index (χ0) is 19.6. The van der Waals surface area contributed by atoms with Crippen LogP contribution in [0.1, 0.15) is 17.2 Å². The fourth-order valence-corrected chi connectivity index (χ4v) is 3.80. The lowest BCUT2D eigenvalue weighted by atomic mass is 10.0. The van der Waals surface area contributed by atoms with Gasteiger partial charge in [-0.1, -0.05) is 23.8 Å². The molecule has 1 heterocycles. The molecule has 0 bridgehead atoms. The number of esters is 1. The van der Waals surface area contributed by atoms with E-state index in [0.29, 0.717) is 11.5 Å². The van der Waals surface area contributed by atoms with Crippen LogP contribution in [-0.4, -0.2) is 39.4 Å². The Labute approximate surface area is 156 Å². The van der Waals surface area contributed by atoms with E-state index in [-0.39, 0.29) is 17.3 Å². The summed E-state index contributed by atoms with van der Waals surface area (Å²) in [6.07, 6.45) is -1.49. The van der Waals surface area contributed by atoms with E-state index >= 15 is 0 Å². The van der Waals surface area contributed by atoms with Gasteiger partial charge in [0.05, 0.1) is 12.0 Å². The highest BCUT2D eigenvalue weighted by molar-refractivity contribution is 7.89. The summed E-state index contributed by atoms with van der Waals surface area (Å²) in [4.78, 5) is 12.1. The molecule has 27 heavy (non-hydrogen) atoms. The molecule has 2 N–H and O–H groups in total. The molecule has 2 aromatic rings. The Morgan fingerprint density at radius 1 is 1.15 bits per heavy atom. The van der Waals surface area contributed by atoms with Crippen LogP contribution in [0, 0.1) is 6.92 Å². The largest absolute Gasteiger partial charge is 0.468 e. The molecule has 0 saturated heterocycles. The Morgan fingerprint density at radius 3 is 2.48 bits per heavy atom. The van der Waals surface area contributed by atoms with Crippen molar-refractivity contribution in [3.05, 3.63) is 53.6 Å². The lowest BCUT2D eigenvalue weighted by Crippen LogP contribution is -2.45. The van der Waals surface area contributed by atoms with Crippen molar-refractivity contribution in [2.24, 2.45) is 0 Å². The summed E-state index contributed by atoms with van der Waals surface area (Å²) < 4.78 is 42.6. The number of carbonyl (C=O) groups excluding carboxylic acids is 1. The van der Waals surface area contributed by atoms with Gasteiger partial charge in [-0.05, 0) is 36.8 Å². The average Bonchev–Trinajstić information content (AvgIpc) is 3.13. The van der Waals surface area contributed by atoms with E-state index in [1.165, 1.54) is 24.3 Å². The van der Waals surface area contributed by atoms with Gasteiger partial charge < -0.3 is 19.3 Å². The predicted molar refractivity (Wildman–Crippen MR) is 94.8 cm³/mol. The Kier molecular flexibility index (Phi) is 5.36. The number of carbonyl (C=O) groups is 1. The van der Waals surface area contributed by atoms with Crippen LogP contribution in [0.15, 0.2) is 47.4 Å². The molecule has 0 unspecified atom stereocenters. The highest BCUT2D eigenvalue weighted by Crippen LogP contribution is 2.35. The van der Waals surface area contributed by atoms with Crippen LogP contribution >= 0.6 is 0 Å². The van der Waals surface area contributed by atoms with Gasteiger partial charge >= 0.3 is 5.97 Å². The van der Waals surface area contributed by atoms with E-state index in [0.717, 1.165) is 12.7 Å². The first-order chi connectivity index (χ1) is 12.8. The minimum Gasteiger partial charge on any atom is -0.468 e. The summed E-state index contributed by atoms with van der Waals surface area (Å²) in [6, 6.07) is 9.15. The third-order valence-electron chi connectivity index (χ3n) is 4.12. The molecule has 0 amide bonds. The summed E-state index contributed by atoms with van der Waals surface area (Å²) in [5.74, 6) is -0.0202. The number of hydrogen-bond acceptors (Lipinski definition) is 7. The van der Waals surface area contributed by atoms with Crippen molar-refractivity contribution in [2.75, 3.05) is 13.9 Å². The SMILES string of the molecule is COC(=O)[C@@H](NS(=O)(=O)c1ccc(C)cc1)[C@H](O)c1ccc2c(c1)OCO2. The maximum absolute atomic E-state index is 12.6. The lowest BCUT2D eigenvalue weighted by molar-refractivity contribution is -0.145. The van der Waals surface area contributed by atoms with Crippen molar-refractivity contribution in [1.29, 1.82) is 0 Å². The molecule has 0 saturated carbocycles. The molecular weight excluding hydrogens is 374 g/mol. The molecule has 2 atom stereocenters. The topological polar surface area (TPSA) is 111 Å². The molecule has 1 aliphatic heterocycles. The summed E-state index contributed by atoms with van der Waals surface area (Å²) in [6.45, 7) is 1.87. The summed E-state index contributed by atoms with van der Waals surface area (Å²) >= 11 is 0. The number of sulfonamides is 1. The number of methoxy groups -OCH3 is 1. The summed E-state index contributed by atoms with van der Waals surface area (Å²) in [5.41, 5.74) is 1.17. The second-order valence-corrected chi connectivity index (χ2v) is 7.71. The fraction of sp³-hybridized carbons (Fsp3) is 0.278. The van der Waals surface area contributed by atoms with Gasteiger partial charge in [0.25, 0.3) is 0 Å². The van der Waals surface area contributed by atoms with Crippen LogP contribution in [0.5, 0.6) is 11.5 Å². The third-order valence-corrected chi connectivity index (χ3v) is 5.58. The number of aliphatic hydroxyl groups excluding tert-OH is 1. The molecule has 9 heteroatoms. The molecule has 0 radical (unpaired) electrons. The number of ether oxygens (including phenoxy) is 3. The minimum atomic E-state index is -4.06. The first-order valence-electron chi connectivity index (χ1n) is 8.06. The van der Waals surface area contributed by atoms with Gasteiger partial charge in [0.2, 0.25) is 16.8 Å². The number of aliphatic hydroxyl groups is 1. The van der Waals surface area contributed by atoms with Gasteiger partial charge in [-0.15, -0.1) is 0 Å². The number of aryl methyl sites for hydroxylation is 1. The Balaban J connectivity index is 1.89. The number of nitrogens with one attached hydrogen (secondary N) is 1. The van der Waals surface area contributed by atoms with E-state index in [1.54, 1.807) is 18.2 Å². The second-order valence-electron chi connectivity index (χ2n) is 5.99. The average molecular weight is 393 g/mol. The van der Waals surface area contributed by atoms with E-state index in [1.807, 2.05) is 6.92 Å². The zero-order valence-electron chi connectivity index (χ0n) is 14.7. The van der Waals surface area contributed by atoms with Gasteiger partial charge in [0.1, 0.15) is 12.1 Å². The van der Waals surface area contributed by atoms with E-state index in [2.05, 4.69) is 9.46 Å². The first-order valence-corrected chi connectivity index (χ1v) is 9.54. The molecule has 2 aromatic carbocycles. The Morgan fingerprint density at radius 2 is 1.81 bits per heavy atom. The van der Waals surface area contributed by atoms with Crippen molar-refractivity contribution >= 4 is 16.0 Å². The summed E-state index contributed by atoms with van der Waals surface area (Å²) in [7, 11) is -2.95. The molecule has 8 nitrogen and oxygen atoms in total. The van der Waals surface area contributed by atoms with Gasteiger partial charge in [-0.2, -0.15) is 4.72 Å². The monoisotopic (exact) mass is 393 g/mol. The highest BCUT2D eigenvalue weighted by Gasteiger charge is 2.34. The lowest BCUT2D eigenvalue weighted by Gasteiger charge is -2.22. The molecule has 0 spiro atoms. The molecule has 3 rings (SSSR count). The standard InChI is InChI=1S/C18H19NO7S/c1-11-3-6-13(7-4-11)27(22,23)19-16(18(21)24-2)17(20)12-5-8-14-15(9-12)26-10-25-14/h3-9,16-17,19-20H,10H2,1-2H3/t16-,17+/m0/s1. The van der Waals surface area contributed by atoms with Crippen LogP contribution in [0.2, 0.25) is 0 Å². The zero-order valence-corrected chi connectivity index (χ0v) is 15.5. The van der Waals surface area contributed by atoms with Gasteiger partial charge in [-0.25, -0.2) is 8.42 Å². The van der Waals surface area contributed by atoms with Crippen molar-refractivity contribution in [2.45, 2.75) is 24.0 Å². The van der Waals surface area contributed by atoms with Crippen molar-refractivity contribution in [3.63, 3.8) is 0 Å². The predicted octanol–water partition coefficient (Wildman–Crippen LogP) is 1.28. The number of hydrogen-bond donors (Lipinski definition) is 2. The third kappa shape index (κ3) is 4.05. The van der Waals surface area contributed by atoms with Gasteiger partial charge in [-0.3, -0.25) is 4.79 Å². The van der Waals surface area contributed by atoms with Crippen LogP contribution in [0.25, 0.3) is 0 Å². The van der Waals surface area contributed by atoms with E-state index in [9.17, 15) is 18.3 Å². The maximum atomic E-state index is 12.6. The maximum Gasteiger partial charge on any atom is 0.326 e. The molecule has 0 aliphatic carbocycles. The van der Waals surface area contributed by atoms with Crippen LogP contribution in [-0.2, 0) is 19.6 Å². The molecule has 0 aromatic heterocycles. The second kappa shape index (κ2) is 7.55. The van der Waals surface area contributed by atoms with Crippen molar-refractivity contribution in [3.8, 4) is 11.5 Å². The molecule has 144 valence electrons. The number of benzene rings is 2. The quantitative estimate of drug-likeness (QED) is 0.711.